The van der Waals surface area contributed by atoms with Gasteiger partial charge in [-0.25, -0.2) is 4.79 Å². The summed E-state index contributed by atoms with van der Waals surface area (Å²) < 4.78 is 0. The van der Waals surface area contributed by atoms with Gasteiger partial charge < -0.3 is 10.1 Å². The number of benzene rings is 2. The highest BCUT2D eigenvalue weighted by molar-refractivity contribution is 6.01. The maximum atomic E-state index is 11.1. The quantitative estimate of drug-likeness (QED) is 0.437. The molecule has 0 saturated heterocycles. The number of carboxylic acid groups (broad SMARTS) is 1. The van der Waals surface area contributed by atoms with E-state index >= 15 is 0 Å². The number of hydrazine groups is 1. The van der Waals surface area contributed by atoms with E-state index in [1.165, 1.54) is 0 Å². The highest BCUT2D eigenvalue weighted by atomic mass is 16.4. The first-order chi connectivity index (χ1) is 10.2. The third-order valence-electron chi connectivity index (χ3n) is 3.49. The minimum Gasteiger partial charge on any atom is -0.477 e. The summed E-state index contributed by atoms with van der Waals surface area (Å²) >= 11 is 0. The molecule has 0 saturated carbocycles. The predicted octanol–water partition coefficient (Wildman–Crippen LogP) is 2.50. The van der Waals surface area contributed by atoms with E-state index in [1.54, 1.807) is 6.07 Å². The van der Waals surface area contributed by atoms with E-state index in [0.717, 1.165) is 27.6 Å². The van der Waals surface area contributed by atoms with Gasteiger partial charge in [-0.15, -0.1) is 0 Å². The maximum Gasteiger partial charge on any atom is 0.352 e. The summed E-state index contributed by atoms with van der Waals surface area (Å²) in [5.41, 5.74) is 6.74. The van der Waals surface area contributed by atoms with Crippen molar-refractivity contribution >= 4 is 16.9 Å². The topological polar surface area (TPSA) is 91.1 Å². The van der Waals surface area contributed by atoms with E-state index in [1.807, 2.05) is 42.5 Å². The lowest BCUT2D eigenvalue weighted by atomic mass is 9.97. The van der Waals surface area contributed by atoms with Crippen molar-refractivity contribution in [3.8, 4) is 11.1 Å². The Balaban J connectivity index is 2.23. The summed E-state index contributed by atoms with van der Waals surface area (Å²) in [4.78, 5) is 14.0. The summed E-state index contributed by atoms with van der Waals surface area (Å²) in [6.07, 6.45) is 0. The van der Waals surface area contributed by atoms with Crippen molar-refractivity contribution in [3.63, 3.8) is 0 Å². The number of hydrogen-bond acceptors (Lipinski definition) is 3. The van der Waals surface area contributed by atoms with Gasteiger partial charge in [-0.3, -0.25) is 11.3 Å². The molecule has 0 bridgehead atoms. The molecule has 106 valence electrons. The van der Waals surface area contributed by atoms with Gasteiger partial charge in [0.1, 0.15) is 5.69 Å². The van der Waals surface area contributed by atoms with Gasteiger partial charge >= 0.3 is 5.97 Å². The summed E-state index contributed by atoms with van der Waals surface area (Å²) in [5.74, 6) is 4.47. The zero-order valence-electron chi connectivity index (χ0n) is 11.3. The minimum absolute atomic E-state index is 0.187. The average molecular weight is 281 g/mol. The fraction of sp³-hybridized carbons (Fsp3) is 0.0625. The van der Waals surface area contributed by atoms with Crippen LogP contribution in [0.15, 0.2) is 48.5 Å². The van der Waals surface area contributed by atoms with Gasteiger partial charge in [0.15, 0.2) is 0 Å². The highest BCUT2D eigenvalue weighted by Crippen LogP contribution is 2.31. The van der Waals surface area contributed by atoms with Crippen LogP contribution in [0.2, 0.25) is 0 Å². The Morgan fingerprint density at radius 2 is 1.90 bits per heavy atom. The maximum absolute atomic E-state index is 11.1. The second kappa shape index (κ2) is 5.40. The lowest BCUT2D eigenvalue weighted by Gasteiger charge is -2.10. The molecule has 0 amide bonds. The zero-order chi connectivity index (χ0) is 14.8. The van der Waals surface area contributed by atoms with Crippen LogP contribution in [0.4, 0.5) is 0 Å². The Bertz CT molecular complexity index is 808. The number of H-pyrrole nitrogens is 1. The number of fused-ring (bicyclic) bond motifs is 1. The second-order valence-corrected chi connectivity index (χ2v) is 4.79. The van der Waals surface area contributed by atoms with E-state index in [-0.39, 0.29) is 5.69 Å². The molecule has 3 rings (SSSR count). The third kappa shape index (κ3) is 2.40. The first-order valence-corrected chi connectivity index (χ1v) is 6.57. The molecule has 0 aliphatic carbocycles. The lowest BCUT2D eigenvalue weighted by molar-refractivity contribution is 0.0691. The number of carboxylic acids is 1. The first-order valence-electron chi connectivity index (χ1n) is 6.57. The molecule has 0 atom stereocenters. The van der Waals surface area contributed by atoms with Crippen LogP contribution in [0.5, 0.6) is 0 Å². The molecular weight excluding hydrogens is 266 g/mol. The van der Waals surface area contributed by atoms with Crippen molar-refractivity contribution in [2.24, 2.45) is 5.84 Å². The first kappa shape index (κ1) is 13.4. The number of nitrogens with one attached hydrogen (secondary N) is 2. The van der Waals surface area contributed by atoms with Crippen molar-refractivity contribution in [2.75, 3.05) is 0 Å². The number of nitrogens with two attached hydrogens (primary N) is 1. The van der Waals surface area contributed by atoms with Crippen LogP contribution in [-0.4, -0.2) is 16.1 Å². The number of rotatable bonds is 4. The van der Waals surface area contributed by atoms with Gasteiger partial charge in [-0.05, 0) is 28.8 Å². The van der Waals surface area contributed by atoms with Crippen LogP contribution in [0.3, 0.4) is 0 Å². The van der Waals surface area contributed by atoms with Gasteiger partial charge in [0, 0.05) is 17.4 Å². The van der Waals surface area contributed by atoms with E-state index in [4.69, 9.17) is 10.9 Å². The predicted molar refractivity (Wildman–Crippen MR) is 81.7 cm³/mol. The molecule has 1 aromatic heterocycles. The van der Waals surface area contributed by atoms with Gasteiger partial charge in [0.25, 0.3) is 0 Å². The molecule has 5 N–H and O–H groups in total. The molecule has 0 spiro atoms. The van der Waals surface area contributed by atoms with Crippen molar-refractivity contribution in [1.29, 1.82) is 0 Å². The van der Waals surface area contributed by atoms with E-state index < -0.39 is 5.97 Å². The van der Waals surface area contributed by atoms with Crippen LogP contribution in [-0.2, 0) is 6.54 Å². The number of hydrogen-bond donors (Lipinski definition) is 4. The Labute approximate surface area is 121 Å². The molecule has 5 nitrogen and oxygen atoms in total. The van der Waals surface area contributed by atoms with Crippen LogP contribution < -0.4 is 11.3 Å². The molecule has 0 aliphatic rings. The molecular formula is C16H15N3O2. The molecule has 0 aliphatic heterocycles. The molecule has 0 unspecified atom stereocenters. The van der Waals surface area contributed by atoms with Crippen molar-refractivity contribution in [1.82, 2.24) is 10.4 Å². The molecule has 0 radical (unpaired) electrons. The Morgan fingerprint density at radius 3 is 2.67 bits per heavy atom. The Kier molecular flexibility index (Phi) is 3.43. The van der Waals surface area contributed by atoms with E-state index in [0.29, 0.717) is 6.54 Å². The normalized spacial score (nSPS) is 10.9. The largest absolute Gasteiger partial charge is 0.477 e. The van der Waals surface area contributed by atoms with Crippen LogP contribution in [0, 0.1) is 0 Å². The SMILES string of the molecule is NNCc1ccccc1-c1cccc2[nH]c(C(=O)O)cc12. The number of aromatic nitrogens is 1. The van der Waals surface area contributed by atoms with Gasteiger partial charge in [0.05, 0.1) is 0 Å². The Morgan fingerprint density at radius 1 is 1.14 bits per heavy atom. The third-order valence-corrected chi connectivity index (χ3v) is 3.49. The molecule has 5 heteroatoms. The molecule has 2 aromatic carbocycles. The molecule has 0 fully saturated rings. The fourth-order valence-electron chi connectivity index (χ4n) is 2.55. The van der Waals surface area contributed by atoms with Gasteiger partial charge in [-0.1, -0.05) is 36.4 Å². The smallest absolute Gasteiger partial charge is 0.352 e. The van der Waals surface area contributed by atoms with Crippen LogP contribution in [0.1, 0.15) is 16.1 Å². The van der Waals surface area contributed by atoms with E-state index in [2.05, 4.69) is 10.4 Å². The minimum atomic E-state index is -0.964. The number of aromatic amines is 1. The summed E-state index contributed by atoms with van der Waals surface area (Å²) in [6.45, 7) is 0.544. The molecule has 21 heavy (non-hydrogen) atoms. The van der Waals surface area contributed by atoms with Gasteiger partial charge in [-0.2, -0.15) is 0 Å². The summed E-state index contributed by atoms with van der Waals surface area (Å²) in [5, 5.41) is 10.0. The Hall–Kier alpha value is -2.63. The number of carbonyl (C=O) groups is 1. The second-order valence-electron chi connectivity index (χ2n) is 4.79. The fourth-order valence-corrected chi connectivity index (χ4v) is 2.55. The molecule has 1 heterocycles. The monoisotopic (exact) mass is 281 g/mol. The highest BCUT2D eigenvalue weighted by Gasteiger charge is 2.12. The zero-order valence-corrected chi connectivity index (χ0v) is 11.3. The van der Waals surface area contributed by atoms with Crippen molar-refractivity contribution < 1.29 is 9.90 Å². The summed E-state index contributed by atoms with van der Waals surface area (Å²) in [7, 11) is 0. The lowest BCUT2D eigenvalue weighted by Crippen LogP contribution is -2.21. The summed E-state index contributed by atoms with van der Waals surface area (Å²) in [6, 6.07) is 15.3. The molecule has 3 aromatic rings. The van der Waals surface area contributed by atoms with Crippen molar-refractivity contribution in [3.05, 3.63) is 59.8 Å². The average Bonchev–Trinajstić information content (AvgIpc) is 2.92. The number of aromatic carboxylic acids is 1. The van der Waals surface area contributed by atoms with E-state index in [9.17, 15) is 4.79 Å². The van der Waals surface area contributed by atoms with Gasteiger partial charge in [0.2, 0.25) is 0 Å². The van der Waals surface area contributed by atoms with Crippen LogP contribution in [0.25, 0.3) is 22.0 Å². The van der Waals surface area contributed by atoms with Crippen molar-refractivity contribution in [2.45, 2.75) is 6.54 Å². The standard InChI is InChI=1S/C16H15N3O2/c17-18-9-10-4-1-2-5-11(10)12-6-3-7-14-13(12)8-15(19-14)16(20)21/h1-8,18-19H,9,17H2,(H,20,21). The van der Waals surface area contributed by atoms with Crippen LogP contribution >= 0.6 is 0 Å².